The number of alkyl halides is 2. The monoisotopic (exact) mass is 494 g/mol. The van der Waals surface area contributed by atoms with Crippen LogP contribution in [0.3, 0.4) is 0 Å². The molecule has 2 amide bonds. The lowest BCUT2D eigenvalue weighted by Gasteiger charge is -2.32. The fourth-order valence-electron chi connectivity index (χ4n) is 4.96. The van der Waals surface area contributed by atoms with Gasteiger partial charge in [0.2, 0.25) is 12.3 Å². The van der Waals surface area contributed by atoms with E-state index in [4.69, 9.17) is 0 Å². The van der Waals surface area contributed by atoms with E-state index in [1.54, 1.807) is 17.0 Å². The zero-order valence-corrected chi connectivity index (χ0v) is 20.7. The van der Waals surface area contributed by atoms with Gasteiger partial charge in [-0.1, -0.05) is 45.2 Å². The Kier molecular flexibility index (Phi) is 9.36. The molecule has 0 spiro atoms. The second-order valence-electron chi connectivity index (χ2n) is 10.4. The molecule has 35 heavy (non-hydrogen) atoms. The number of ketones is 1. The first-order valence-corrected chi connectivity index (χ1v) is 12.8. The molecule has 4 rings (SSSR count). The molecule has 8 heteroatoms. The van der Waals surface area contributed by atoms with Crippen molar-refractivity contribution in [2.24, 2.45) is 11.8 Å². The molecule has 1 aromatic rings. The van der Waals surface area contributed by atoms with Gasteiger partial charge in [0, 0.05) is 37.8 Å². The van der Waals surface area contributed by atoms with Gasteiger partial charge in [-0.25, -0.2) is 13.2 Å². The predicted molar refractivity (Wildman–Crippen MR) is 128 cm³/mol. The Morgan fingerprint density at radius 2 is 1.74 bits per heavy atom. The second kappa shape index (κ2) is 12.0. The standard InChI is InChI=1S/C24H33FN2O3.C3H4F2/c1-16(2)23(29)22(17-8-4-3-5-9-17)26-24(30)20-12-6-11-19(21(20)25)18-10-7-13-27(14-18)15-28;4-3(5)1-2-3/h6,11-12,15-18,22H,3-5,7-10,13-14H2,1-2H3,(H,26,30);1-2H2. The van der Waals surface area contributed by atoms with E-state index in [0.29, 0.717) is 18.7 Å². The Bertz CT molecular complexity index is 894. The summed E-state index contributed by atoms with van der Waals surface area (Å²) in [5.74, 6) is -3.49. The fourth-order valence-corrected chi connectivity index (χ4v) is 4.96. The Labute approximate surface area is 205 Å². The summed E-state index contributed by atoms with van der Waals surface area (Å²) in [6.45, 7) is 4.82. The number of nitrogens with one attached hydrogen (secondary N) is 1. The van der Waals surface area contributed by atoms with Crippen LogP contribution in [0.25, 0.3) is 0 Å². The van der Waals surface area contributed by atoms with E-state index in [1.165, 1.54) is 6.07 Å². The average molecular weight is 495 g/mol. The maximum atomic E-state index is 15.3. The first kappa shape index (κ1) is 27.2. The van der Waals surface area contributed by atoms with Crippen molar-refractivity contribution in [3.63, 3.8) is 0 Å². The van der Waals surface area contributed by atoms with E-state index < -0.39 is 23.7 Å². The minimum Gasteiger partial charge on any atom is -0.345 e. The summed E-state index contributed by atoms with van der Waals surface area (Å²) < 4.78 is 37.6. The van der Waals surface area contributed by atoms with E-state index in [9.17, 15) is 23.2 Å². The highest BCUT2D eigenvalue weighted by Gasteiger charge is 2.43. The van der Waals surface area contributed by atoms with Gasteiger partial charge in [0.15, 0.2) is 5.78 Å². The number of hydrogen-bond donors (Lipinski definition) is 1. The van der Waals surface area contributed by atoms with Gasteiger partial charge in [0.1, 0.15) is 5.82 Å². The lowest BCUT2D eigenvalue weighted by Crippen LogP contribution is -2.48. The molecular formula is C27H37F3N2O3. The van der Waals surface area contributed by atoms with Gasteiger partial charge in [0.05, 0.1) is 11.6 Å². The number of benzene rings is 1. The maximum absolute atomic E-state index is 15.3. The van der Waals surface area contributed by atoms with Crippen molar-refractivity contribution in [2.45, 2.75) is 89.5 Å². The summed E-state index contributed by atoms with van der Waals surface area (Å²) >= 11 is 0. The van der Waals surface area contributed by atoms with Crippen LogP contribution in [-0.2, 0) is 9.59 Å². The molecule has 0 aromatic heterocycles. The number of amides is 2. The minimum atomic E-state index is -2.25. The lowest BCUT2D eigenvalue weighted by molar-refractivity contribution is -0.125. The van der Waals surface area contributed by atoms with Crippen LogP contribution in [0.15, 0.2) is 18.2 Å². The molecule has 194 valence electrons. The third-order valence-electron chi connectivity index (χ3n) is 7.23. The van der Waals surface area contributed by atoms with Gasteiger partial charge in [-0.3, -0.25) is 14.4 Å². The smallest absolute Gasteiger partial charge is 0.254 e. The number of hydrogen-bond acceptors (Lipinski definition) is 3. The molecule has 2 unspecified atom stereocenters. The van der Waals surface area contributed by atoms with E-state index in [0.717, 1.165) is 51.4 Å². The highest BCUT2D eigenvalue weighted by atomic mass is 19.3. The molecule has 2 saturated carbocycles. The van der Waals surface area contributed by atoms with Crippen LogP contribution in [0.1, 0.15) is 93.5 Å². The first-order valence-electron chi connectivity index (χ1n) is 12.8. The van der Waals surface area contributed by atoms with Crippen molar-refractivity contribution in [1.29, 1.82) is 0 Å². The van der Waals surface area contributed by atoms with Crippen LogP contribution in [0.5, 0.6) is 0 Å². The molecule has 1 aliphatic heterocycles. The zero-order chi connectivity index (χ0) is 25.6. The Balaban J connectivity index is 0.000000607. The van der Waals surface area contributed by atoms with Crippen LogP contribution in [-0.4, -0.2) is 48.1 Å². The SMILES string of the molecule is CC(C)C(=O)C(NC(=O)c1cccc(C2CCCN(C=O)C2)c1F)C1CCCCC1.FC1(F)CC1. The first-order chi connectivity index (χ1) is 16.6. The summed E-state index contributed by atoms with van der Waals surface area (Å²) in [6, 6.07) is 4.29. The highest BCUT2D eigenvalue weighted by molar-refractivity contribution is 5.98. The predicted octanol–water partition coefficient (Wildman–Crippen LogP) is 5.48. The lowest BCUT2D eigenvalue weighted by atomic mass is 9.80. The molecule has 0 radical (unpaired) electrons. The van der Waals surface area contributed by atoms with Crippen molar-refractivity contribution < 1.29 is 27.6 Å². The Morgan fingerprint density at radius 3 is 2.31 bits per heavy atom. The topological polar surface area (TPSA) is 66.5 Å². The normalized spacial score (nSPS) is 22.6. The van der Waals surface area contributed by atoms with Crippen LogP contribution < -0.4 is 5.32 Å². The number of carbonyl (C=O) groups excluding carboxylic acids is 3. The number of piperidine rings is 1. The zero-order valence-electron chi connectivity index (χ0n) is 20.7. The minimum absolute atomic E-state index is 0.0146. The number of halogens is 3. The van der Waals surface area contributed by atoms with Crippen LogP contribution in [0.4, 0.5) is 13.2 Å². The van der Waals surface area contributed by atoms with Gasteiger partial charge in [-0.15, -0.1) is 0 Å². The molecule has 1 saturated heterocycles. The van der Waals surface area contributed by atoms with Crippen molar-refractivity contribution in [2.75, 3.05) is 13.1 Å². The van der Waals surface area contributed by atoms with Crippen molar-refractivity contribution in [3.8, 4) is 0 Å². The molecule has 2 atom stereocenters. The molecule has 3 aliphatic rings. The van der Waals surface area contributed by atoms with E-state index in [1.807, 2.05) is 13.8 Å². The summed E-state index contributed by atoms with van der Waals surface area (Å²) in [6.07, 6.45) is 7.72. The van der Waals surface area contributed by atoms with Gasteiger partial charge in [-0.2, -0.15) is 0 Å². The van der Waals surface area contributed by atoms with E-state index in [2.05, 4.69) is 5.32 Å². The number of carbonyl (C=O) groups is 3. The fraction of sp³-hybridized carbons (Fsp3) is 0.667. The molecule has 0 bridgehead atoms. The van der Waals surface area contributed by atoms with Gasteiger partial charge in [0.25, 0.3) is 5.91 Å². The van der Waals surface area contributed by atoms with Crippen LogP contribution in [0, 0.1) is 17.7 Å². The number of rotatable bonds is 7. The third kappa shape index (κ3) is 7.55. The van der Waals surface area contributed by atoms with Crippen molar-refractivity contribution >= 4 is 18.1 Å². The summed E-state index contributed by atoms with van der Waals surface area (Å²) in [5.41, 5.74) is 0.451. The van der Waals surface area contributed by atoms with Crippen LogP contribution in [0.2, 0.25) is 0 Å². The Hall–Kier alpha value is -2.38. The number of likely N-dealkylation sites (tertiary alicyclic amines) is 1. The van der Waals surface area contributed by atoms with Crippen molar-refractivity contribution in [3.05, 3.63) is 35.1 Å². The number of Topliss-reactive ketones (excluding diaryl/α,β-unsaturated/α-hetero) is 1. The molecule has 3 fully saturated rings. The molecular weight excluding hydrogens is 457 g/mol. The largest absolute Gasteiger partial charge is 0.345 e. The Morgan fingerprint density at radius 1 is 1.09 bits per heavy atom. The highest BCUT2D eigenvalue weighted by Crippen LogP contribution is 2.40. The van der Waals surface area contributed by atoms with E-state index >= 15 is 4.39 Å². The van der Waals surface area contributed by atoms with Gasteiger partial charge in [-0.05, 0) is 43.2 Å². The summed E-state index contributed by atoms with van der Waals surface area (Å²) in [4.78, 5) is 38.6. The molecule has 1 heterocycles. The molecule has 1 N–H and O–H groups in total. The average Bonchev–Trinajstić information content (AvgIpc) is 3.56. The van der Waals surface area contributed by atoms with Crippen LogP contribution >= 0.6 is 0 Å². The summed E-state index contributed by atoms with van der Waals surface area (Å²) in [5, 5.41) is 2.88. The summed E-state index contributed by atoms with van der Waals surface area (Å²) in [7, 11) is 0. The van der Waals surface area contributed by atoms with E-state index in [-0.39, 0.29) is 41.9 Å². The molecule has 2 aliphatic carbocycles. The third-order valence-corrected chi connectivity index (χ3v) is 7.23. The molecule has 1 aromatic carbocycles. The second-order valence-corrected chi connectivity index (χ2v) is 10.4. The van der Waals surface area contributed by atoms with Gasteiger partial charge >= 0.3 is 0 Å². The maximum Gasteiger partial charge on any atom is 0.254 e. The number of nitrogens with zero attached hydrogens (tertiary/aromatic N) is 1. The quantitative estimate of drug-likeness (QED) is 0.511. The van der Waals surface area contributed by atoms with Gasteiger partial charge < -0.3 is 10.2 Å². The molecule has 5 nitrogen and oxygen atoms in total. The van der Waals surface area contributed by atoms with Crippen molar-refractivity contribution in [1.82, 2.24) is 10.2 Å².